The molecule has 5 nitrogen and oxygen atoms in total. The molecular formula is C15H16N4OS. The molecule has 0 aliphatic heterocycles. The van der Waals surface area contributed by atoms with Crippen molar-refractivity contribution in [3.63, 3.8) is 0 Å². The van der Waals surface area contributed by atoms with Crippen LogP contribution in [-0.4, -0.2) is 33.5 Å². The number of nitrogens with zero attached hydrogens (tertiary/aromatic N) is 4. The number of pyridine rings is 1. The monoisotopic (exact) mass is 300 g/mol. The number of methoxy groups -OCH3 is 1. The zero-order valence-electron chi connectivity index (χ0n) is 12.0. The fourth-order valence-electron chi connectivity index (χ4n) is 2.03. The van der Waals surface area contributed by atoms with E-state index in [0.717, 1.165) is 22.2 Å². The molecule has 3 aromatic rings. The number of hydrogen-bond acceptors (Lipinski definition) is 5. The van der Waals surface area contributed by atoms with Crippen LogP contribution < -0.4 is 0 Å². The van der Waals surface area contributed by atoms with Gasteiger partial charge >= 0.3 is 0 Å². The molecule has 3 heterocycles. The van der Waals surface area contributed by atoms with Crippen LogP contribution in [0.2, 0.25) is 0 Å². The van der Waals surface area contributed by atoms with Crippen molar-refractivity contribution in [3.8, 4) is 16.4 Å². The van der Waals surface area contributed by atoms with Gasteiger partial charge in [-0.3, -0.25) is 4.98 Å². The number of aryl methyl sites for hydroxylation is 1. The lowest BCUT2D eigenvalue weighted by Crippen LogP contribution is -2.00. The highest BCUT2D eigenvalue weighted by molar-refractivity contribution is 7.15. The van der Waals surface area contributed by atoms with Crippen LogP contribution in [0, 0.1) is 6.92 Å². The first-order valence-corrected chi connectivity index (χ1v) is 7.51. The normalized spacial score (nSPS) is 11.0. The molecule has 0 saturated carbocycles. The summed E-state index contributed by atoms with van der Waals surface area (Å²) >= 11 is 1.71. The van der Waals surface area contributed by atoms with Gasteiger partial charge in [-0.15, -0.1) is 11.3 Å². The van der Waals surface area contributed by atoms with Gasteiger partial charge in [0.1, 0.15) is 0 Å². The van der Waals surface area contributed by atoms with Crippen LogP contribution in [0.5, 0.6) is 0 Å². The van der Waals surface area contributed by atoms with E-state index in [2.05, 4.69) is 34.1 Å². The topological polar surface area (TPSA) is 52.8 Å². The molecule has 0 unspecified atom stereocenters. The lowest BCUT2D eigenvalue weighted by Gasteiger charge is -2.03. The summed E-state index contributed by atoms with van der Waals surface area (Å²) in [6.07, 6.45) is 4.24. The summed E-state index contributed by atoms with van der Waals surface area (Å²) in [6, 6.07) is 8.05. The fraction of sp³-hybridized carbons (Fsp3) is 0.267. The summed E-state index contributed by atoms with van der Waals surface area (Å²) < 4.78 is 6.96. The molecule has 0 bridgehead atoms. The van der Waals surface area contributed by atoms with E-state index in [1.54, 1.807) is 30.8 Å². The summed E-state index contributed by atoms with van der Waals surface area (Å²) in [4.78, 5) is 11.2. The lowest BCUT2D eigenvalue weighted by molar-refractivity contribution is 0.200. The number of ether oxygens (including phenoxy) is 1. The number of thiophene rings is 1. The highest BCUT2D eigenvalue weighted by atomic mass is 32.1. The third-order valence-corrected chi connectivity index (χ3v) is 4.03. The van der Waals surface area contributed by atoms with Crippen molar-refractivity contribution in [2.75, 3.05) is 13.7 Å². The van der Waals surface area contributed by atoms with E-state index in [1.165, 1.54) is 4.88 Å². The van der Waals surface area contributed by atoms with Crippen LogP contribution in [0.1, 0.15) is 10.7 Å². The van der Waals surface area contributed by atoms with Gasteiger partial charge in [-0.25, -0.2) is 9.67 Å². The Labute approximate surface area is 127 Å². The average molecular weight is 300 g/mol. The van der Waals surface area contributed by atoms with E-state index in [1.807, 2.05) is 16.8 Å². The Morgan fingerprint density at radius 2 is 2.19 bits per heavy atom. The Bertz CT molecular complexity index is 720. The van der Waals surface area contributed by atoms with Crippen molar-refractivity contribution in [1.29, 1.82) is 0 Å². The maximum Gasteiger partial charge on any atom is 0.173 e. The molecule has 0 spiro atoms. The van der Waals surface area contributed by atoms with E-state index in [4.69, 9.17) is 4.74 Å². The van der Waals surface area contributed by atoms with Gasteiger partial charge in [0.05, 0.1) is 23.4 Å². The molecule has 0 atom stereocenters. The second-order valence-corrected chi connectivity index (χ2v) is 5.92. The maximum atomic E-state index is 5.11. The van der Waals surface area contributed by atoms with Crippen LogP contribution in [-0.2, 0) is 11.2 Å². The zero-order valence-corrected chi connectivity index (χ0v) is 12.8. The molecule has 3 rings (SSSR count). The van der Waals surface area contributed by atoms with E-state index in [0.29, 0.717) is 13.0 Å². The average Bonchev–Trinajstić information content (AvgIpc) is 3.12. The van der Waals surface area contributed by atoms with E-state index in [-0.39, 0.29) is 0 Å². The van der Waals surface area contributed by atoms with Crippen molar-refractivity contribution in [1.82, 2.24) is 19.7 Å². The Kier molecular flexibility index (Phi) is 4.08. The zero-order chi connectivity index (χ0) is 14.7. The second-order valence-electron chi connectivity index (χ2n) is 4.63. The molecule has 0 aliphatic rings. The minimum Gasteiger partial charge on any atom is -0.384 e. The fourth-order valence-corrected chi connectivity index (χ4v) is 2.87. The first-order valence-electron chi connectivity index (χ1n) is 6.70. The predicted octanol–water partition coefficient (Wildman–Crippen LogP) is 2.89. The molecule has 0 radical (unpaired) electrons. The van der Waals surface area contributed by atoms with Crippen LogP contribution in [0.15, 0.2) is 36.7 Å². The summed E-state index contributed by atoms with van der Waals surface area (Å²) in [5, 5.41) is 4.60. The van der Waals surface area contributed by atoms with Crippen molar-refractivity contribution in [2.45, 2.75) is 13.3 Å². The van der Waals surface area contributed by atoms with Crippen molar-refractivity contribution in [3.05, 3.63) is 47.4 Å². The van der Waals surface area contributed by atoms with E-state index >= 15 is 0 Å². The highest BCUT2D eigenvalue weighted by Gasteiger charge is 2.15. The quantitative estimate of drug-likeness (QED) is 0.727. The Morgan fingerprint density at radius 3 is 2.86 bits per heavy atom. The SMILES string of the molecule is COCCc1nc(-c2ccc(C)s2)n(-c2cccnc2)n1. The summed E-state index contributed by atoms with van der Waals surface area (Å²) in [7, 11) is 1.68. The standard InChI is InChI=1S/C15H16N4OS/c1-11-5-6-13(21-11)15-17-14(7-9-20-2)18-19(15)12-4-3-8-16-10-12/h3-6,8,10H,7,9H2,1-2H3. The van der Waals surface area contributed by atoms with Crippen molar-refractivity contribution < 1.29 is 4.74 Å². The molecule has 6 heteroatoms. The molecule has 108 valence electrons. The first kappa shape index (κ1) is 13.9. The van der Waals surface area contributed by atoms with E-state index < -0.39 is 0 Å². The lowest BCUT2D eigenvalue weighted by atomic mass is 10.4. The first-order chi connectivity index (χ1) is 10.3. The van der Waals surface area contributed by atoms with Gasteiger partial charge in [0.2, 0.25) is 0 Å². The Morgan fingerprint density at radius 1 is 1.29 bits per heavy atom. The Balaban J connectivity index is 2.06. The van der Waals surface area contributed by atoms with Gasteiger partial charge in [-0.2, -0.15) is 5.10 Å². The van der Waals surface area contributed by atoms with Crippen LogP contribution in [0.25, 0.3) is 16.4 Å². The minimum atomic E-state index is 0.611. The van der Waals surface area contributed by atoms with Gasteiger partial charge in [0.25, 0.3) is 0 Å². The van der Waals surface area contributed by atoms with Crippen LogP contribution in [0.4, 0.5) is 0 Å². The highest BCUT2D eigenvalue weighted by Crippen LogP contribution is 2.28. The molecule has 21 heavy (non-hydrogen) atoms. The molecule has 3 aromatic heterocycles. The number of rotatable bonds is 5. The Hall–Kier alpha value is -2.05. The third-order valence-electron chi connectivity index (χ3n) is 3.03. The van der Waals surface area contributed by atoms with Gasteiger partial charge < -0.3 is 4.74 Å². The van der Waals surface area contributed by atoms with Gasteiger partial charge in [0.15, 0.2) is 11.6 Å². The van der Waals surface area contributed by atoms with Crippen molar-refractivity contribution in [2.24, 2.45) is 0 Å². The minimum absolute atomic E-state index is 0.611. The predicted molar refractivity (Wildman–Crippen MR) is 82.8 cm³/mol. The molecule has 0 N–H and O–H groups in total. The second kappa shape index (κ2) is 6.15. The van der Waals surface area contributed by atoms with Crippen molar-refractivity contribution >= 4 is 11.3 Å². The molecule has 0 aliphatic carbocycles. The smallest absolute Gasteiger partial charge is 0.173 e. The van der Waals surface area contributed by atoms with Crippen LogP contribution >= 0.6 is 11.3 Å². The molecule has 0 aromatic carbocycles. The molecule has 0 saturated heterocycles. The summed E-state index contributed by atoms with van der Waals surface area (Å²) in [6.45, 7) is 2.70. The number of aromatic nitrogens is 4. The van der Waals surface area contributed by atoms with Gasteiger partial charge in [-0.1, -0.05) is 0 Å². The molecule has 0 amide bonds. The summed E-state index contributed by atoms with van der Waals surface area (Å²) in [5.74, 6) is 1.63. The van der Waals surface area contributed by atoms with Gasteiger partial charge in [0, 0.05) is 24.6 Å². The largest absolute Gasteiger partial charge is 0.384 e. The third kappa shape index (κ3) is 3.01. The summed E-state index contributed by atoms with van der Waals surface area (Å²) in [5.41, 5.74) is 0.912. The van der Waals surface area contributed by atoms with Crippen LogP contribution in [0.3, 0.4) is 0 Å². The number of hydrogen-bond donors (Lipinski definition) is 0. The van der Waals surface area contributed by atoms with E-state index in [9.17, 15) is 0 Å². The molecule has 0 fully saturated rings. The molecular weight excluding hydrogens is 284 g/mol. The maximum absolute atomic E-state index is 5.11. The van der Waals surface area contributed by atoms with Gasteiger partial charge in [-0.05, 0) is 31.2 Å².